The second-order valence-electron chi connectivity index (χ2n) is 5.12. The first-order valence-corrected chi connectivity index (χ1v) is 5.60. The number of hydrogen-bond acceptors (Lipinski definition) is 4. The van der Waals surface area contributed by atoms with Gasteiger partial charge >= 0.3 is 18.9 Å². The maximum atomic E-state index is 10.8. The van der Waals surface area contributed by atoms with Gasteiger partial charge in [-0.25, -0.2) is 0 Å². The zero-order chi connectivity index (χ0) is 11.1. The minimum atomic E-state index is -0.925. The summed E-state index contributed by atoms with van der Waals surface area (Å²) in [4.78, 5) is 12.9. The van der Waals surface area contributed by atoms with E-state index in [9.17, 15) is 9.90 Å². The molecule has 16 heavy (non-hydrogen) atoms. The Morgan fingerprint density at radius 2 is 2.12 bits per heavy atom. The van der Waals surface area contributed by atoms with Crippen LogP contribution >= 0.6 is 0 Å². The molecule has 0 radical (unpaired) electrons. The van der Waals surface area contributed by atoms with Crippen LogP contribution in [0.5, 0.6) is 0 Å². The Labute approximate surface area is 109 Å². The molecule has 2 heterocycles. The molecule has 0 spiro atoms. The van der Waals surface area contributed by atoms with Crippen LogP contribution in [0.25, 0.3) is 0 Å². The summed E-state index contributed by atoms with van der Waals surface area (Å²) in [5.41, 5.74) is -0.116. The third-order valence-electron chi connectivity index (χ3n) is 3.47. The van der Waals surface area contributed by atoms with E-state index in [-0.39, 0.29) is 30.5 Å². The fourth-order valence-corrected chi connectivity index (χ4v) is 2.58. The van der Waals surface area contributed by atoms with Gasteiger partial charge in [-0.05, 0) is 33.1 Å². The van der Waals surface area contributed by atoms with Crippen LogP contribution in [0.15, 0.2) is 0 Å². The van der Waals surface area contributed by atoms with Crippen molar-refractivity contribution in [3.8, 4) is 0 Å². The summed E-state index contributed by atoms with van der Waals surface area (Å²) in [5, 5.41) is 10.8. The molecule has 0 aromatic rings. The molecule has 0 N–H and O–H groups in total. The topological polar surface area (TPSA) is 52.6 Å². The second kappa shape index (κ2) is 5.10. The number of carboxylic acid groups (broad SMARTS) is 1. The molecule has 2 unspecified atom stereocenters. The summed E-state index contributed by atoms with van der Waals surface area (Å²) in [6.45, 7) is 5.74. The fraction of sp³-hybridized carbons (Fsp3) is 0.909. The van der Waals surface area contributed by atoms with Crippen LogP contribution in [-0.4, -0.2) is 41.7 Å². The van der Waals surface area contributed by atoms with Crippen LogP contribution in [0.3, 0.4) is 0 Å². The summed E-state index contributed by atoms with van der Waals surface area (Å²) in [7, 11) is 0. The molecule has 2 atom stereocenters. The molecular weight excluding hydrogens is 201 g/mol. The molecule has 0 aromatic carbocycles. The second-order valence-corrected chi connectivity index (χ2v) is 5.12. The maximum Gasteiger partial charge on any atom is 1.00 e. The Hall–Kier alpha value is -0.0126. The first-order chi connectivity index (χ1) is 6.99. The molecular formula is C11H18LiNO3. The molecule has 0 aromatic heterocycles. The van der Waals surface area contributed by atoms with Crippen molar-refractivity contribution in [1.82, 2.24) is 4.90 Å². The Morgan fingerprint density at radius 3 is 2.56 bits per heavy atom. The van der Waals surface area contributed by atoms with E-state index in [4.69, 9.17) is 4.74 Å². The van der Waals surface area contributed by atoms with Gasteiger partial charge in [-0.2, -0.15) is 0 Å². The number of hydrogen-bond donors (Lipinski definition) is 0. The van der Waals surface area contributed by atoms with Gasteiger partial charge in [0.2, 0.25) is 0 Å². The van der Waals surface area contributed by atoms with E-state index in [1.54, 1.807) is 0 Å². The zero-order valence-corrected chi connectivity index (χ0v) is 10.4. The van der Waals surface area contributed by atoms with Crippen molar-refractivity contribution in [2.75, 3.05) is 13.2 Å². The Kier molecular flexibility index (Phi) is 4.47. The number of ether oxygens (including phenoxy) is 1. The van der Waals surface area contributed by atoms with E-state index in [0.29, 0.717) is 6.04 Å². The average molecular weight is 219 g/mol. The molecule has 2 fully saturated rings. The number of likely N-dealkylation sites (tertiary alicyclic amines) is 1. The molecule has 0 aliphatic carbocycles. The van der Waals surface area contributed by atoms with Crippen LogP contribution in [0, 0.1) is 0 Å². The summed E-state index contributed by atoms with van der Waals surface area (Å²) in [6, 6.07) is -0.00528. The first kappa shape index (κ1) is 14.0. The van der Waals surface area contributed by atoms with Gasteiger partial charge in [0.15, 0.2) is 0 Å². The number of carboxylic acids is 1. The largest absolute Gasteiger partial charge is 1.00 e. The molecule has 0 bridgehead atoms. The Morgan fingerprint density at radius 1 is 1.44 bits per heavy atom. The summed E-state index contributed by atoms with van der Waals surface area (Å²) in [5.74, 6) is -0.925. The quantitative estimate of drug-likeness (QED) is 0.458. The molecule has 2 saturated heterocycles. The van der Waals surface area contributed by atoms with E-state index < -0.39 is 5.97 Å². The van der Waals surface area contributed by atoms with Gasteiger partial charge in [-0.15, -0.1) is 0 Å². The number of nitrogens with zero attached hydrogens (tertiary/aromatic N) is 1. The SMILES string of the molecule is CC1(C)CC(N2CCC2C(=O)[O-])CCO1.[Li+]. The Bertz CT molecular complexity index is 270. The molecule has 4 nitrogen and oxygen atoms in total. The molecule has 2 aliphatic rings. The molecule has 2 aliphatic heterocycles. The summed E-state index contributed by atoms with van der Waals surface area (Å²) >= 11 is 0. The van der Waals surface area contributed by atoms with Crippen molar-refractivity contribution < 1.29 is 33.5 Å². The number of carbonyl (C=O) groups excluding carboxylic acids is 1. The van der Waals surface area contributed by atoms with E-state index in [1.807, 2.05) is 0 Å². The molecule has 0 amide bonds. The van der Waals surface area contributed by atoms with Gasteiger partial charge in [0.25, 0.3) is 0 Å². The predicted molar refractivity (Wildman–Crippen MR) is 53.2 cm³/mol. The van der Waals surface area contributed by atoms with Crippen molar-refractivity contribution in [3.63, 3.8) is 0 Å². The third kappa shape index (κ3) is 2.81. The van der Waals surface area contributed by atoms with Crippen molar-refractivity contribution in [2.24, 2.45) is 0 Å². The molecule has 86 valence electrons. The molecule has 0 saturated carbocycles. The zero-order valence-electron chi connectivity index (χ0n) is 10.4. The molecule has 2 rings (SSSR count). The van der Waals surface area contributed by atoms with Crippen LogP contribution in [0.1, 0.15) is 33.1 Å². The van der Waals surface area contributed by atoms with Crippen LogP contribution in [0.4, 0.5) is 0 Å². The van der Waals surface area contributed by atoms with Gasteiger partial charge < -0.3 is 14.6 Å². The van der Waals surface area contributed by atoms with Gasteiger partial charge in [0, 0.05) is 19.2 Å². The number of carbonyl (C=O) groups is 1. The van der Waals surface area contributed by atoms with E-state index in [0.717, 1.165) is 32.4 Å². The van der Waals surface area contributed by atoms with Crippen LogP contribution in [0.2, 0.25) is 0 Å². The Balaban J connectivity index is 0.00000128. The minimum absolute atomic E-state index is 0. The third-order valence-corrected chi connectivity index (χ3v) is 3.47. The monoisotopic (exact) mass is 219 g/mol. The summed E-state index contributed by atoms with van der Waals surface area (Å²) < 4.78 is 5.62. The standard InChI is InChI=1S/C11H19NO3.Li/c1-11(2)7-8(4-6-15-11)12-5-3-9(12)10(13)14;/h8-9H,3-7H2,1-2H3,(H,13,14);/q;+1/p-1. The number of aliphatic carboxylic acids is 1. The van der Waals surface area contributed by atoms with Gasteiger partial charge in [-0.1, -0.05) is 0 Å². The van der Waals surface area contributed by atoms with Crippen molar-refractivity contribution in [1.29, 1.82) is 0 Å². The van der Waals surface area contributed by atoms with Gasteiger partial charge in [0.05, 0.1) is 17.6 Å². The van der Waals surface area contributed by atoms with Crippen molar-refractivity contribution in [3.05, 3.63) is 0 Å². The van der Waals surface area contributed by atoms with E-state index >= 15 is 0 Å². The smallest absolute Gasteiger partial charge is 0.548 e. The average Bonchev–Trinajstić information content (AvgIpc) is 1.97. The molecule has 5 heteroatoms. The van der Waals surface area contributed by atoms with Crippen LogP contribution < -0.4 is 24.0 Å². The normalized spacial score (nSPS) is 33.6. The van der Waals surface area contributed by atoms with Crippen molar-refractivity contribution in [2.45, 2.75) is 50.8 Å². The first-order valence-electron chi connectivity index (χ1n) is 5.60. The van der Waals surface area contributed by atoms with Gasteiger partial charge in [-0.3, -0.25) is 4.90 Å². The van der Waals surface area contributed by atoms with E-state index in [2.05, 4.69) is 18.7 Å². The van der Waals surface area contributed by atoms with Gasteiger partial charge in [0.1, 0.15) is 0 Å². The minimum Gasteiger partial charge on any atom is -0.548 e. The van der Waals surface area contributed by atoms with Crippen molar-refractivity contribution >= 4 is 5.97 Å². The maximum absolute atomic E-state index is 10.8. The predicted octanol–water partition coefficient (Wildman–Crippen LogP) is -3.23. The summed E-state index contributed by atoms with van der Waals surface area (Å²) in [6.07, 6.45) is 2.59. The number of rotatable bonds is 2. The van der Waals surface area contributed by atoms with E-state index in [1.165, 1.54) is 0 Å². The fourth-order valence-electron chi connectivity index (χ4n) is 2.58. The van der Waals surface area contributed by atoms with Crippen LogP contribution in [-0.2, 0) is 9.53 Å².